The van der Waals surface area contributed by atoms with Gasteiger partial charge in [-0.1, -0.05) is 36.4 Å². The van der Waals surface area contributed by atoms with Gasteiger partial charge in [-0.05, 0) is 68.2 Å². The summed E-state index contributed by atoms with van der Waals surface area (Å²) in [7, 11) is 0. The number of nitrogens with one attached hydrogen (secondary N) is 1. The lowest BCUT2D eigenvalue weighted by molar-refractivity contribution is 0.309. The zero-order valence-corrected chi connectivity index (χ0v) is 17.7. The highest BCUT2D eigenvalue weighted by Crippen LogP contribution is 2.45. The Kier molecular flexibility index (Phi) is 4.63. The van der Waals surface area contributed by atoms with E-state index in [0.29, 0.717) is 6.04 Å². The lowest BCUT2D eigenvalue weighted by atomic mass is 9.96. The number of rotatable bonds is 5. The molecule has 148 valence electrons. The molecule has 0 amide bonds. The van der Waals surface area contributed by atoms with Gasteiger partial charge in [0.25, 0.3) is 0 Å². The summed E-state index contributed by atoms with van der Waals surface area (Å²) in [6.07, 6.45) is 4.44. The number of hydrogen-bond acceptors (Lipinski definition) is 2. The largest absolute Gasteiger partial charge is 0.352 e. The van der Waals surface area contributed by atoms with Crippen LogP contribution in [0.4, 0.5) is 0 Å². The Morgan fingerprint density at radius 3 is 2.52 bits per heavy atom. The molecule has 3 aromatic rings. The predicted octanol–water partition coefficient (Wildman–Crippen LogP) is 5.01. The van der Waals surface area contributed by atoms with Gasteiger partial charge in [0.05, 0.1) is 17.8 Å². The van der Waals surface area contributed by atoms with Crippen LogP contribution in [0.15, 0.2) is 60.8 Å². The molecule has 5 heteroatoms. The van der Waals surface area contributed by atoms with Crippen LogP contribution >= 0.6 is 12.2 Å². The third kappa shape index (κ3) is 3.33. The van der Waals surface area contributed by atoms with Crippen molar-refractivity contribution in [1.82, 2.24) is 19.8 Å². The van der Waals surface area contributed by atoms with Gasteiger partial charge in [0, 0.05) is 30.2 Å². The molecule has 0 radical (unpaired) electrons. The van der Waals surface area contributed by atoms with Crippen molar-refractivity contribution in [2.45, 2.75) is 51.4 Å². The number of benzene rings is 1. The van der Waals surface area contributed by atoms with Crippen molar-refractivity contribution in [3.8, 4) is 0 Å². The summed E-state index contributed by atoms with van der Waals surface area (Å²) in [6.45, 7) is 5.28. The quantitative estimate of drug-likeness (QED) is 0.608. The Morgan fingerprint density at radius 2 is 1.83 bits per heavy atom. The average Bonchev–Trinajstić information content (AvgIpc) is 3.46. The van der Waals surface area contributed by atoms with Crippen LogP contribution in [-0.4, -0.2) is 19.6 Å². The van der Waals surface area contributed by atoms with Crippen molar-refractivity contribution in [1.29, 1.82) is 0 Å². The molecule has 0 spiro atoms. The molecule has 0 unspecified atom stereocenters. The summed E-state index contributed by atoms with van der Waals surface area (Å²) < 4.78 is 2.52. The second-order valence-corrected chi connectivity index (χ2v) is 8.55. The van der Waals surface area contributed by atoms with Crippen LogP contribution in [0.2, 0.25) is 0 Å². The van der Waals surface area contributed by atoms with E-state index in [2.05, 4.69) is 82.1 Å². The standard InChI is InChI=1S/C24H26N4S/c1-16-14-20(17(2)28(16)19-11-12-19)23-22(21-10-6-7-13-25-21)26-24(29)27(23)15-18-8-4-3-5-9-18/h3-10,13-14,19,22-23H,11-12,15H2,1-2H3,(H,26,29)/t22-,23-/m1/s1. The smallest absolute Gasteiger partial charge is 0.170 e. The summed E-state index contributed by atoms with van der Waals surface area (Å²) in [4.78, 5) is 7.00. The van der Waals surface area contributed by atoms with Gasteiger partial charge in [0.1, 0.15) is 0 Å². The van der Waals surface area contributed by atoms with Gasteiger partial charge in [-0.2, -0.15) is 0 Å². The van der Waals surface area contributed by atoms with Gasteiger partial charge in [0.2, 0.25) is 0 Å². The molecule has 1 saturated carbocycles. The first kappa shape index (κ1) is 18.4. The van der Waals surface area contributed by atoms with Crippen molar-refractivity contribution in [3.63, 3.8) is 0 Å². The lowest BCUT2D eigenvalue weighted by Gasteiger charge is -2.28. The molecule has 1 saturated heterocycles. The molecule has 2 atom stereocenters. The monoisotopic (exact) mass is 402 g/mol. The minimum Gasteiger partial charge on any atom is -0.352 e. The second kappa shape index (κ2) is 7.30. The van der Waals surface area contributed by atoms with Crippen molar-refractivity contribution >= 4 is 17.3 Å². The van der Waals surface area contributed by atoms with Crippen LogP contribution in [0.1, 0.15) is 59.2 Å². The average molecular weight is 403 g/mol. The Labute approximate surface area is 177 Å². The van der Waals surface area contributed by atoms with E-state index in [1.165, 1.54) is 35.4 Å². The highest BCUT2D eigenvalue weighted by atomic mass is 32.1. The molecule has 1 N–H and O–H groups in total. The summed E-state index contributed by atoms with van der Waals surface area (Å²) in [5.41, 5.74) is 6.36. The van der Waals surface area contributed by atoms with E-state index in [0.717, 1.165) is 17.4 Å². The number of nitrogens with zero attached hydrogens (tertiary/aromatic N) is 3. The molecule has 2 aromatic heterocycles. The maximum atomic E-state index is 5.82. The van der Waals surface area contributed by atoms with E-state index >= 15 is 0 Å². The van der Waals surface area contributed by atoms with Crippen molar-refractivity contribution in [2.75, 3.05) is 0 Å². The van der Waals surface area contributed by atoms with Crippen LogP contribution in [0, 0.1) is 13.8 Å². The van der Waals surface area contributed by atoms with E-state index in [4.69, 9.17) is 12.2 Å². The van der Waals surface area contributed by atoms with Crippen LogP contribution in [0.5, 0.6) is 0 Å². The maximum absolute atomic E-state index is 5.82. The topological polar surface area (TPSA) is 33.1 Å². The molecule has 1 aliphatic carbocycles. The third-order valence-electron chi connectivity index (χ3n) is 6.15. The Morgan fingerprint density at radius 1 is 1.07 bits per heavy atom. The molecule has 1 aromatic carbocycles. The van der Waals surface area contributed by atoms with Crippen molar-refractivity contribution in [2.24, 2.45) is 0 Å². The molecular formula is C24H26N4S. The molecule has 5 rings (SSSR count). The number of thiocarbonyl (C=S) groups is 1. The fourth-order valence-corrected chi connectivity index (χ4v) is 5.00. The summed E-state index contributed by atoms with van der Waals surface area (Å²) in [5, 5.41) is 4.37. The number of hydrogen-bond donors (Lipinski definition) is 1. The Bertz CT molecular complexity index is 1020. The zero-order chi connectivity index (χ0) is 20.0. The van der Waals surface area contributed by atoms with E-state index in [1.807, 2.05) is 12.3 Å². The van der Waals surface area contributed by atoms with Gasteiger partial charge in [-0.25, -0.2) is 0 Å². The predicted molar refractivity (Wildman–Crippen MR) is 120 cm³/mol. The zero-order valence-electron chi connectivity index (χ0n) is 16.9. The van der Waals surface area contributed by atoms with Crippen LogP contribution in [0.25, 0.3) is 0 Å². The van der Waals surface area contributed by atoms with Gasteiger partial charge in [0.15, 0.2) is 5.11 Å². The van der Waals surface area contributed by atoms with Crippen molar-refractivity contribution in [3.05, 3.63) is 89.0 Å². The van der Waals surface area contributed by atoms with Crippen LogP contribution < -0.4 is 5.32 Å². The molecule has 1 aliphatic heterocycles. The minimum absolute atomic E-state index is 0.0422. The number of aromatic nitrogens is 2. The normalized spacial score (nSPS) is 21.4. The van der Waals surface area contributed by atoms with Crippen molar-refractivity contribution < 1.29 is 0 Å². The van der Waals surface area contributed by atoms with E-state index in [9.17, 15) is 0 Å². The van der Waals surface area contributed by atoms with E-state index < -0.39 is 0 Å². The molecule has 4 nitrogen and oxygen atoms in total. The molecule has 2 aliphatic rings. The fourth-order valence-electron chi connectivity index (χ4n) is 4.69. The highest BCUT2D eigenvalue weighted by Gasteiger charge is 2.42. The summed E-state index contributed by atoms with van der Waals surface area (Å²) >= 11 is 5.82. The number of aryl methyl sites for hydroxylation is 1. The van der Waals surface area contributed by atoms with Crippen LogP contribution in [-0.2, 0) is 6.54 Å². The van der Waals surface area contributed by atoms with Crippen LogP contribution in [0.3, 0.4) is 0 Å². The van der Waals surface area contributed by atoms with Gasteiger partial charge in [-0.3, -0.25) is 4.98 Å². The Balaban J connectivity index is 1.59. The highest BCUT2D eigenvalue weighted by molar-refractivity contribution is 7.80. The van der Waals surface area contributed by atoms with E-state index in [1.54, 1.807) is 0 Å². The van der Waals surface area contributed by atoms with Gasteiger partial charge in [-0.15, -0.1) is 0 Å². The first-order valence-electron chi connectivity index (χ1n) is 10.3. The Hall–Kier alpha value is -2.66. The van der Waals surface area contributed by atoms with E-state index in [-0.39, 0.29) is 12.1 Å². The molecule has 2 fully saturated rings. The van der Waals surface area contributed by atoms with Gasteiger partial charge < -0.3 is 14.8 Å². The SMILES string of the molecule is Cc1cc([C@@H]2[C@@H](c3ccccn3)NC(=S)N2Cc2ccccc2)c(C)n1C1CC1. The second-order valence-electron chi connectivity index (χ2n) is 8.17. The first-order valence-corrected chi connectivity index (χ1v) is 10.7. The molecule has 29 heavy (non-hydrogen) atoms. The maximum Gasteiger partial charge on any atom is 0.170 e. The first-order chi connectivity index (χ1) is 14.1. The number of pyridine rings is 1. The fraction of sp³-hybridized carbons (Fsp3) is 0.333. The molecule has 3 heterocycles. The molecular weight excluding hydrogens is 376 g/mol. The minimum atomic E-state index is 0.0422. The summed E-state index contributed by atoms with van der Waals surface area (Å²) in [6, 6.07) is 19.9. The third-order valence-corrected chi connectivity index (χ3v) is 6.50. The molecule has 0 bridgehead atoms. The summed E-state index contributed by atoms with van der Waals surface area (Å²) in [5.74, 6) is 0. The lowest BCUT2D eigenvalue weighted by Crippen LogP contribution is -2.29. The van der Waals surface area contributed by atoms with Gasteiger partial charge >= 0.3 is 0 Å².